The highest BCUT2D eigenvalue weighted by Gasteiger charge is 2.53. The molecule has 2 atom stereocenters. The maximum absolute atomic E-state index is 13.8. The number of benzene rings is 1. The molecule has 0 amide bonds. The van der Waals surface area contributed by atoms with Crippen LogP contribution >= 0.6 is 0 Å². The van der Waals surface area contributed by atoms with E-state index in [1.165, 1.54) is 18.3 Å². The molecule has 1 saturated carbocycles. The fraction of sp³-hybridized carbons (Fsp3) is 0.286. The van der Waals surface area contributed by atoms with Crippen molar-refractivity contribution in [2.45, 2.75) is 36.0 Å². The van der Waals surface area contributed by atoms with Gasteiger partial charge in [0.1, 0.15) is 28.1 Å². The van der Waals surface area contributed by atoms with E-state index >= 15 is 0 Å². The third kappa shape index (κ3) is 3.62. The Balaban J connectivity index is 1.68. The van der Waals surface area contributed by atoms with Crippen LogP contribution in [0.1, 0.15) is 52.2 Å². The van der Waals surface area contributed by atoms with Crippen molar-refractivity contribution in [3.05, 3.63) is 77.1 Å². The van der Waals surface area contributed by atoms with Crippen LogP contribution in [0.5, 0.6) is 0 Å². The van der Waals surface area contributed by atoms with E-state index in [0.717, 1.165) is 22.5 Å². The molecule has 1 unspecified atom stereocenters. The van der Waals surface area contributed by atoms with Crippen LogP contribution in [0.3, 0.4) is 0 Å². The number of Topliss-reactive ketones (excluding diaryl/α,β-unsaturated/α-hetero) is 1. The second kappa shape index (κ2) is 7.45. The standard InChI is InChI=1S/C21H16F4N4O3S/c22-13-5-3-12(4-6-13)19-20(30)17-15(10-27-28-17)18(11-1-2-11)29(19)33(31,32)14-7-8-16(26-9-14)21(23,24)25/h3-11,18-19H,1-2H2,(H,27,28)/t18?,19-/m0/s1. The van der Waals surface area contributed by atoms with Crippen molar-refractivity contribution in [2.24, 2.45) is 5.92 Å². The van der Waals surface area contributed by atoms with E-state index in [-0.39, 0.29) is 17.2 Å². The second-order valence-corrected chi connectivity index (χ2v) is 9.86. The third-order valence-corrected chi connectivity index (χ3v) is 7.70. The number of halogens is 4. The topological polar surface area (TPSA) is 96.0 Å². The highest BCUT2D eigenvalue weighted by Crippen LogP contribution is 2.53. The van der Waals surface area contributed by atoms with Gasteiger partial charge in [0, 0.05) is 11.8 Å². The van der Waals surface area contributed by atoms with Crippen molar-refractivity contribution in [1.82, 2.24) is 19.5 Å². The Labute approximate surface area is 185 Å². The number of aromatic nitrogens is 3. The van der Waals surface area contributed by atoms with Crippen LogP contribution in [-0.2, 0) is 16.2 Å². The maximum atomic E-state index is 13.8. The fourth-order valence-corrected chi connectivity index (χ4v) is 5.94. The molecular formula is C21H16F4N4O3S. The van der Waals surface area contributed by atoms with Crippen LogP contribution in [0.15, 0.2) is 53.7 Å². The summed E-state index contributed by atoms with van der Waals surface area (Å²) < 4.78 is 80.9. The van der Waals surface area contributed by atoms with Crippen LogP contribution in [0.4, 0.5) is 17.6 Å². The highest BCUT2D eigenvalue weighted by molar-refractivity contribution is 7.89. The molecule has 33 heavy (non-hydrogen) atoms. The number of H-pyrrole nitrogens is 1. The van der Waals surface area contributed by atoms with Gasteiger partial charge >= 0.3 is 6.18 Å². The summed E-state index contributed by atoms with van der Waals surface area (Å²) in [6, 6.07) is 4.15. The van der Waals surface area contributed by atoms with Gasteiger partial charge in [0.15, 0.2) is 0 Å². The van der Waals surface area contributed by atoms with Gasteiger partial charge in [0.05, 0.1) is 12.2 Å². The van der Waals surface area contributed by atoms with E-state index in [1.807, 2.05) is 0 Å². The van der Waals surface area contributed by atoms with Gasteiger partial charge < -0.3 is 0 Å². The van der Waals surface area contributed by atoms with Gasteiger partial charge in [0.2, 0.25) is 15.8 Å². The number of aromatic amines is 1. The van der Waals surface area contributed by atoms with Gasteiger partial charge in [-0.15, -0.1) is 0 Å². The first-order valence-corrected chi connectivity index (χ1v) is 11.4. The highest BCUT2D eigenvalue weighted by atomic mass is 32.2. The van der Waals surface area contributed by atoms with Crippen molar-refractivity contribution in [3.63, 3.8) is 0 Å². The Bertz CT molecular complexity index is 1320. The Kier molecular flexibility index (Phi) is 4.90. The normalized spacial score (nSPS) is 21.8. The number of carbonyl (C=O) groups is 1. The summed E-state index contributed by atoms with van der Waals surface area (Å²) in [6.07, 6.45) is -1.29. The van der Waals surface area contributed by atoms with Crippen molar-refractivity contribution >= 4 is 15.8 Å². The fourth-order valence-electron chi connectivity index (χ4n) is 4.19. The van der Waals surface area contributed by atoms with Crippen LogP contribution in [-0.4, -0.2) is 33.7 Å². The lowest BCUT2D eigenvalue weighted by molar-refractivity contribution is -0.141. The van der Waals surface area contributed by atoms with Crippen LogP contribution < -0.4 is 0 Å². The van der Waals surface area contributed by atoms with E-state index in [9.17, 15) is 30.8 Å². The number of carbonyl (C=O) groups excluding carboxylic acids is 1. The molecule has 1 N–H and O–H groups in total. The van der Waals surface area contributed by atoms with Crippen molar-refractivity contribution in [3.8, 4) is 0 Å². The quantitative estimate of drug-likeness (QED) is 0.569. The Morgan fingerprint density at radius 1 is 1.03 bits per heavy atom. The first kappa shape index (κ1) is 21.7. The molecule has 3 aromatic rings. The van der Waals surface area contributed by atoms with Crippen molar-refractivity contribution in [2.75, 3.05) is 0 Å². The molecule has 0 spiro atoms. The minimum atomic E-state index is -4.73. The molecule has 172 valence electrons. The molecule has 2 aromatic heterocycles. The first-order chi connectivity index (χ1) is 15.6. The number of pyridine rings is 1. The lowest BCUT2D eigenvalue weighted by Crippen LogP contribution is -2.46. The van der Waals surface area contributed by atoms with Gasteiger partial charge in [-0.2, -0.15) is 22.6 Å². The molecule has 1 aliphatic heterocycles. The van der Waals surface area contributed by atoms with Crippen LogP contribution in [0.2, 0.25) is 0 Å². The van der Waals surface area contributed by atoms with Crippen molar-refractivity contribution in [1.29, 1.82) is 0 Å². The Morgan fingerprint density at radius 3 is 2.30 bits per heavy atom. The lowest BCUT2D eigenvalue weighted by Gasteiger charge is -2.40. The van der Waals surface area contributed by atoms with Crippen LogP contribution in [0.25, 0.3) is 0 Å². The minimum Gasteiger partial charge on any atom is -0.290 e. The molecule has 2 aliphatic rings. The zero-order chi connectivity index (χ0) is 23.5. The summed E-state index contributed by atoms with van der Waals surface area (Å²) in [5.41, 5.74) is -0.430. The number of ketones is 1. The summed E-state index contributed by atoms with van der Waals surface area (Å²) in [5, 5.41) is 6.55. The smallest absolute Gasteiger partial charge is 0.290 e. The van der Waals surface area contributed by atoms with Crippen LogP contribution in [0, 0.1) is 11.7 Å². The van der Waals surface area contributed by atoms with E-state index < -0.39 is 50.5 Å². The third-order valence-electron chi connectivity index (χ3n) is 5.87. The van der Waals surface area contributed by atoms with E-state index in [1.54, 1.807) is 0 Å². The molecule has 0 bridgehead atoms. The largest absolute Gasteiger partial charge is 0.433 e. The van der Waals surface area contributed by atoms with Crippen molar-refractivity contribution < 1.29 is 30.8 Å². The minimum absolute atomic E-state index is 0.102. The zero-order valence-corrected chi connectivity index (χ0v) is 17.6. The van der Waals surface area contributed by atoms with Gasteiger partial charge in [-0.25, -0.2) is 12.8 Å². The van der Waals surface area contributed by atoms with Gasteiger partial charge in [0.25, 0.3) is 0 Å². The predicted molar refractivity (Wildman–Crippen MR) is 106 cm³/mol. The molecule has 7 nitrogen and oxygen atoms in total. The number of hydrogen-bond acceptors (Lipinski definition) is 5. The number of fused-ring (bicyclic) bond motifs is 1. The van der Waals surface area contributed by atoms with E-state index in [4.69, 9.17) is 0 Å². The molecule has 0 saturated heterocycles. The maximum Gasteiger partial charge on any atom is 0.433 e. The number of rotatable bonds is 4. The van der Waals surface area contributed by atoms with Gasteiger partial charge in [-0.1, -0.05) is 12.1 Å². The first-order valence-electron chi connectivity index (χ1n) is 9.99. The van der Waals surface area contributed by atoms with E-state index in [2.05, 4.69) is 15.2 Å². The summed E-state index contributed by atoms with van der Waals surface area (Å²) in [6.45, 7) is 0. The molecule has 0 radical (unpaired) electrons. The summed E-state index contributed by atoms with van der Waals surface area (Å²) in [5.74, 6) is -1.26. The average molecular weight is 480 g/mol. The molecule has 1 fully saturated rings. The SMILES string of the molecule is O=C1c2[nH]ncc2C(C2CC2)N(S(=O)(=O)c2ccc(C(F)(F)F)nc2)[C@H]1c1ccc(F)cc1. The zero-order valence-electron chi connectivity index (χ0n) is 16.8. The molecule has 5 rings (SSSR count). The summed E-state index contributed by atoms with van der Waals surface area (Å²) in [4.78, 5) is 16.2. The van der Waals surface area contributed by atoms with Gasteiger partial charge in [-0.3, -0.25) is 14.9 Å². The number of alkyl halides is 3. The number of nitrogens with zero attached hydrogens (tertiary/aromatic N) is 3. The monoisotopic (exact) mass is 480 g/mol. The predicted octanol–water partition coefficient (Wildman–Crippen LogP) is 4.04. The lowest BCUT2D eigenvalue weighted by atomic mass is 9.89. The molecule has 1 aliphatic carbocycles. The van der Waals surface area contributed by atoms with E-state index in [0.29, 0.717) is 30.7 Å². The number of hydrogen-bond donors (Lipinski definition) is 1. The average Bonchev–Trinajstić information content (AvgIpc) is 3.49. The number of nitrogens with one attached hydrogen (secondary N) is 1. The number of sulfonamides is 1. The summed E-state index contributed by atoms with van der Waals surface area (Å²) in [7, 11) is -4.49. The van der Waals surface area contributed by atoms with Gasteiger partial charge in [-0.05, 0) is 48.6 Å². The Hall–Kier alpha value is -3.12. The second-order valence-electron chi connectivity index (χ2n) is 8.01. The molecule has 12 heteroatoms. The molecule has 1 aromatic carbocycles. The molecule has 3 heterocycles. The molecular weight excluding hydrogens is 464 g/mol. The summed E-state index contributed by atoms with van der Waals surface area (Å²) >= 11 is 0. The Morgan fingerprint density at radius 2 is 1.73 bits per heavy atom.